The molecule has 1 aliphatic heterocycles. The molecular formula is C15H27NO4. The van der Waals surface area contributed by atoms with E-state index in [-0.39, 0.29) is 11.9 Å². The van der Waals surface area contributed by atoms with E-state index in [1.807, 2.05) is 20.8 Å². The predicted octanol–water partition coefficient (Wildman–Crippen LogP) is 2.83. The number of hydrogen-bond acceptors (Lipinski definition) is 4. The molecule has 0 saturated carbocycles. The Morgan fingerprint density at radius 2 is 1.85 bits per heavy atom. The SMILES string of the molecule is COC(=O)C1C(C(C)C)CCCN1C(=O)OC(C)(C)C. The molecule has 0 aliphatic carbocycles. The van der Waals surface area contributed by atoms with Gasteiger partial charge in [-0.25, -0.2) is 9.59 Å². The Labute approximate surface area is 121 Å². The van der Waals surface area contributed by atoms with Crippen molar-refractivity contribution in [2.75, 3.05) is 13.7 Å². The monoisotopic (exact) mass is 285 g/mol. The third-order valence-corrected chi connectivity index (χ3v) is 3.60. The summed E-state index contributed by atoms with van der Waals surface area (Å²) >= 11 is 0. The van der Waals surface area contributed by atoms with Crippen LogP contribution in [0.25, 0.3) is 0 Å². The van der Waals surface area contributed by atoms with Gasteiger partial charge in [0.1, 0.15) is 11.6 Å². The standard InChI is InChI=1S/C15H27NO4/c1-10(2)11-8-7-9-16(12(11)13(17)19-6)14(18)20-15(3,4)5/h10-12H,7-9H2,1-6H3. The number of amides is 1. The molecule has 0 aromatic heterocycles. The van der Waals surface area contributed by atoms with Crippen LogP contribution in [0.15, 0.2) is 0 Å². The molecule has 2 atom stereocenters. The molecule has 0 spiro atoms. The molecule has 0 bridgehead atoms. The molecular weight excluding hydrogens is 258 g/mol. The molecule has 1 rings (SSSR count). The first-order valence-corrected chi connectivity index (χ1v) is 7.25. The maximum absolute atomic E-state index is 12.3. The quantitative estimate of drug-likeness (QED) is 0.732. The van der Waals surface area contributed by atoms with E-state index in [4.69, 9.17) is 9.47 Å². The van der Waals surface area contributed by atoms with E-state index >= 15 is 0 Å². The van der Waals surface area contributed by atoms with E-state index < -0.39 is 17.7 Å². The minimum absolute atomic E-state index is 0.115. The van der Waals surface area contributed by atoms with Crippen LogP contribution in [-0.2, 0) is 14.3 Å². The van der Waals surface area contributed by atoms with Crippen molar-refractivity contribution in [3.05, 3.63) is 0 Å². The number of hydrogen-bond donors (Lipinski definition) is 0. The van der Waals surface area contributed by atoms with E-state index in [0.717, 1.165) is 12.8 Å². The van der Waals surface area contributed by atoms with Gasteiger partial charge in [0.25, 0.3) is 0 Å². The van der Waals surface area contributed by atoms with E-state index in [9.17, 15) is 9.59 Å². The normalized spacial score (nSPS) is 23.6. The lowest BCUT2D eigenvalue weighted by molar-refractivity contribution is -0.151. The lowest BCUT2D eigenvalue weighted by atomic mass is 9.81. The van der Waals surface area contributed by atoms with Crippen molar-refractivity contribution >= 4 is 12.1 Å². The van der Waals surface area contributed by atoms with Crippen molar-refractivity contribution in [1.82, 2.24) is 4.90 Å². The molecule has 5 nitrogen and oxygen atoms in total. The molecule has 1 fully saturated rings. The summed E-state index contributed by atoms with van der Waals surface area (Å²) in [6.45, 7) is 10.1. The van der Waals surface area contributed by atoms with E-state index in [1.54, 1.807) is 0 Å². The number of likely N-dealkylation sites (tertiary alicyclic amines) is 1. The van der Waals surface area contributed by atoms with E-state index in [1.165, 1.54) is 12.0 Å². The van der Waals surface area contributed by atoms with Crippen LogP contribution in [0.5, 0.6) is 0 Å². The highest BCUT2D eigenvalue weighted by atomic mass is 16.6. The summed E-state index contributed by atoms with van der Waals surface area (Å²) in [6.07, 6.45) is 1.38. The van der Waals surface area contributed by atoms with Gasteiger partial charge in [0.2, 0.25) is 0 Å². The second-order valence-electron chi connectivity index (χ2n) is 6.69. The minimum Gasteiger partial charge on any atom is -0.467 e. The Morgan fingerprint density at radius 1 is 1.25 bits per heavy atom. The fraction of sp³-hybridized carbons (Fsp3) is 0.867. The van der Waals surface area contributed by atoms with Crippen LogP contribution in [0, 0.1) is 11.8 Å². The molecule has 116 valence electrons. The van der Waals surface area contributed by atoms with Crippen LogP contribution < -0.4 is 0 Å². The summed E-state index contributed by atoms with van der Waals surface area (Å²) in [4.78, 5) is 25.9. The maximum atomic E-state index is 12.3. The molecule has 20 heavy (non-hydrogen) atoms. The third kappa shape index (κ3) is 4.12. The summed E-state index contributed by atoms with van der Waals surface area (Å²) in [6, 6.07) is -0.538. The topological polar surface area (TPSA) is 55.8 Å². The minimum atomic E-state index is -0.567. The van der Waals surface area contributed by atoms with Gasteiger partial charge in [0.05, 0.1) is 7.11 Å². The number of carbonyl (C=O) groups excluding carboxylic acids is 2. The van der Waals surface area contributed by atoms with Crippen molar-refractivity contribution in [3.8, 4) is 0 Å². The van der Waals surface area contributed by atoms with Crippen molar-refractivity contribution in [2.24, 2.45) is 11.8 Å². The lowest BCUT2D eigenvalue weighted by Crippen LogP contribution is -2.55. The van der Waals surface area contributed by atoms with Crippen LogP contribution in [-0.4, -0.2) is 42.3 Å². The molecule has 5 heteroatoms. The number of esters is 1. The Hall–Kier alpha value is -1.26. The first-order chi connectivity index (χ1) is 9.17. The van der Waals surface area contributed by atoms with Gasteiger partial charge >= 0.3 is 12.1 Å². The zero-order chi connectivity index (χ0) is 15.5. The smallest absolute Gasteiger partial charge is 0.411 e. The number of nitrogens with zero attached hydrogens (tertiary/aromatic N) is 1. The highest BCUT2D eigenvalue weighted by Crippen LogP contribution is 2.31. The number of ether oxygens (including phenoxy) is 2. The highest BCUT2D eigenvalue weighted by molar-refractivity contribution is 5.82. The molecule has 0 aromatic carbocycles. The van der Waals surface area contributed by atoms with Gasteiger partial charge in [0, 0.05) is 6.54 Å². The van der Waals surface area contributed by atoms with E-state index in [2.05, 4.69) is 13.8 Å². The largest absolute Gasteiger partial charge is 0.467 e. The number of carbonyl (C=O) groups is 2. The van der Waals surface area contributed by atoms with Gasteiger partial charge in [-0.1, -0.05) is 13.8 Å². The zero-order valence-electron chi connectivity index (χ0n) is 13.4. The fourth-order valence-electron chi connectivity index (χ4n) is 2.67. The van der Waals surface area contributed by atoms with Crippen molar-refractivity contribution < 1.29 is 19.1 Å². The third-order valence-electron chi connectivity index (χ3n) is 3.60. The van der Waals surface area contributed by atoms with Crippen LogP contribution >= 0.6 is 0 Å². The summed E-state index contributed by atoms with van der Waals surface area (Å²) in [7, 11) is 1.36. The molecule has 1 aliphatic rings. The number of methoxy groups -OCH3 is 1. The molecule has 2 unspecified atom stereocenters. The Bertz CT molecular complexity index is 359. The number of rotatable bonds is 2. The summed E-state index contributed by atoms with van der Waals surface area (Å²) in [5.41, 5.74) is -0.567. The van der Waals surface area contributed by atoms with E-state index in [0.29, 0.717) is 12.5 Å². The molecule has 0 N–H and O–H groups in total. The van der Waals surface area contributed by atoms with Gasteiger partial charge in [0.15, 0.2) is 0 Å². The Morgan fingerprint density at radius 3 is 2.30 bits per heavy atom. The molecule has 1 heterocycles. The summed E-state index contributed by atoms with van der Waals surface area (Å²) in [5, 5.41) is 0. The van der Waals surface area contributed by atoms with Gasteiger partial charge in [-0.3, -0.25) is 4.90 Å². The highest BCUT2D eigenvalue weighted by Gasteiger charge is 2.42. The summed E-state index contributed by atoms with van der Waals surface area (Å²) in [5.74, 6) is 0.0716. The molecule has 1 saturated heterocycles. The van der Waals surface area contributed by atoms with Crippen LogP contribution in [0.4, 0.5) is 4.79 Å². The second-order valence-corrected chi connectivity index (χ2v) is 6.69. The van der Waals surface area contributed by atoms with Crippen molar-refractivity contribution in [1.29, 1.82) is 0 Å². The van der Waals surface area contributed by atoms with Gasteiger partial charge in [-0.05, 0) is 45.4 Å². The van der Waals surface area contributed by atoms with Crippen LogP contribution in [0.1, 0.15) is 47.5 Å². The fourth-order valence-corrected chi connectivity index (χ4v) is 2.67. The van der Waals surface area contributed by atoms with Gasteiger partial charge < -0.3 is 9.47 Å². The Kier molecular flexibility index (Phi) is 5.42. The molecule has 0 radical (unpaired) electrons. The molecule has 1 amide bonds. The first kappa shape index (κ1) is 16.8. The van der Waals surface area contributed by atoms with Crippen LogP contribution in [0.3, 0.4) is 0 Å². The van der Waals surface area contributed by atoms with Crippen molar-refractivity contribution in [2.45, 2.75) is 59.1 Å². The van der Waals surface area contributed by atoms with Crippen molar-refractivity contribution in [3.63, 3.8) is 0 Å². The van der Waals surface area contributed by atoms with Gasteiger partial charge in [-0.15, -0.1) is 0 Å². The zero-order valence-corrected chi connectivity index (χ0v) is 13.4. The average Bonchev–Trinajstić information content (AvgIpc) is 2.34. The molecule has 0 aromatic rings. The first-order valence-electron chi connectivity index (χ1n) is 7.25. The lowest BCUT2D eigenvalue weighted by Gasteiger charge is -2.41. The van der Waals surface area contributed by atoms with Crippen LogP contribution in [0.2, 0.25) is 0 Å². The van der Waals surface area contributed by atoms with Gasteiger partial charge in [-0.2, -0.15) is 0 Å². The Balaban J connectivity index is 2.96. The second kappa shape index (κ2) is 6.46. The summed E-state index contributed by atoms with van der Waals surface area (Å²) < 4.78 is 10.3. The average molecular weight is 285 g/mol. The number of piperidine rings is 1. The predicted molar refractivity (Wildman–Crippen MR) is 76.3 cm³/mol. The maximum Gasteiger partial charge on any atom is 0.411 e.